The van der Waals surface area contributed by atoms with Gasteiger partial charge in [-0.1, -0.05) is 30.3 Å². The third-order valence-electron chi connectivity index (χ3n) is 3.56. The SMILES string of the molecule is C1=C2Oc3ccccc3[S+](c3ccccc3)C2=CCC1. The maximum atomic E-state index is 6.09. The fraction of sp³-hybridized carbons (Fsp3) is 0.111. The summed E-state index contributed by atoms with van der Waals surface area (Å²) in [6.45, 7) is 0. The van der Waals surface area contributed by atoms with Crippen LogP contribution in [0.2, 0.25) is 0 Å². The second-order valence-corrected chi connectivity index (χ2v) is 6.85. The number of rotatable bonds is 1. The number of hydrogen-bond acceptors (Lipinski definition) is 1. The highest BCUT2D eigenvalue weighted by Gasteiger charge is 2.41. The fourth-order valence-corrected chi connectivity index (χ4v) is 4.97. The number of allylic oxidation sites excluding steroid dienone is 2. The van der Waals surface area contributed by atoms with Crippen molar-refractivity contribution in [2.75, 3.05) is 0 Å². The van der Waals surface area contributed by atoms with Gasteiger partial charge >= 0.3 is 0 Å². The van der Waals surface area contributed by atoms with E-state index in [4.69, 9.17) is 4.74 Å². The van der Waals surface area contributed by atoms with E-state index in [-0.39, 0.29) is 10.9 Å². The quantitative estimate of drug-likeness (QED) is 0.689. The van der Waals surface area contributed by atoms with E-state index in [0.29, 0.717) is 0 Å². The Kier molecular flexibility index (Phi) is 2.89. The van der Waals surface area contributed by atoms with Crippen LogP contribution in [0.15, 0.2) is 87.2 Å². The first-order chi connectivity index (χ1) is 9.93. The second-order valence-electron chi connectivity index (χ2n) is 4.88. The lowest BCUT2D eigenvalue weighted by molar-refractivity contribution is 0.420. The van der Waals surface area contributed by atoms with Crippen molar-refractivity contribution < 1.29 is 4.74 Å². The molecule has 0 bridgehead atoms. The molecule has 0 saturated carbocycles. The molecule has 0 amide bonds. The van der Waals surface area contributed by atoms with Crippen molar-refractivity contribution in [3.8, 4) is 5.75 Å². The molecule has 1 heterocycles. The van der Waals surface area contributed by atoms with Crippen molar-refractivity contribution in [1.82, 2.24) is 0 Å². The fourth-order valence-electron chi connectivity index (χ4n) is 2.66. The number of benzene rings is 2. The van der Waals surface area contributed by atoms with E-state index in [0.717, 1.165) is 24.4 Å². The van der Waals surface area contributed by atoms with Crippen molar-refractivity contribution in [3.05, 3.63) is 77.4 Å². The normalized spacial score (nSPS) is 20.1. The molecule has 1 nitrogen and oxygen atoms in total. The average Bonchev–Trinajstić information content (AvgIpc) is 2.53. The number of para-hydroxylation sites is 1. The number of hydrogen-bond donors (Lipinski definition) is 0. The first kappa shape index (κ1) is 11.9. The van der Waals surface area contributed by atoms with Crippen molar-refractivity contribution in [3.63, 3.8) is 0 Å². The van der Waals surface area contributed by atoms with Crippen LogP contribution in [0.4, 0.5) is 0 Å². The second kappa shape index (κ2) is 4.88. The zero-order valence-corrected chi connectivity index (χ0v) is 11.9. The predicted octanol–water partition coefficient (Wildman–Crippen LogP) is 4.68. The van der Waals surface area contributed by atoms with E-state index in [1.54, 1.807) is 0 Å². The summed E-state index contributed by atoms with van der Waals surface area (Å²) in [6, 6.07) is 19.2. The number of ether oxygens (including phenoxy) is 1. The Morgan fingerprint density at radius 2 is 1.55 bits per heavy atom. The molecule has 2 heteroatoms. The molecule has 0 fully saturated rings. The summed E-state index contributed by atoms with van der Waals surface area (Å²) in [5, 5.41) is 0. The molecule has 1 unspecified atom stereocenters. The summed E-state index contributed by atoms with van der Waals surface area (Å²) in [7, 11) is -0.0317. The molecule has 0 spiro atoms. The molecule has 0 aromatic heterocycles. The molecular weight excluding hydrogens is 264 g/mol. The minimum atomic E-state index is -0.0317. The van der Waals surface area contributed by atoms with Gasteiger partial charge < -0.3 is 4.74 Å². The molecular formula is C18H15OS+. The molecule has 0 radical (unpaired) electrons. The Hall–Kier alpha value is -1.93. The van der Waals surface area contributed by atoms with Gasteiger partial charge in [-0.15, -0.1) is 0 Å². The van der Waals surface area contributed by atoms with E-state index in [9.17, 15) is 0 Å². The van der Waals surface area contributed by atoms with Gasteiger partial charge in [0.15, 0.2) is 16.4 Å². The molecule has 4 rings (SSSR count). The zero-order chi connectivity index (χ0) is 13.4. The van der Waals surface area contributed by atoms with Crippen LogP contribution in [-0.4, -0.2) is 0 Å². The summed E-state index contributed by atoms with van der Waals surface area (Å²) in [5.41, 5.74) is 0. The lowest BCUT2D eigenvalue weighted by Crippen LogP contribution is -2.20. The topological polar surface area (TPSA) is 9.23 Å². The van der Waals surface area contributed by atoms with Gasteiger partial charge in [-0.05, 0) is 49.3 Å². The molecule has 1 atom stereocenters. The Morgan fingerprint density at radius 3 is 2.45 bits per heavy atom. The molecule has 2 aromatic carbocycles. The third-order valence-corrected chi connectivity index (χ3v) is 5.89. The van der Waals surface area contributed by atoms with E-state index in [1.807, 2.05) is 6.07 Å². The van der Waals surface area contributed by atoms with Crippen LogP contribution in [0.3, 0.4) is 0 Å². The van der Waals surface area contributed by atoms with E-state index in [1.165, 1.54) is 14.7 Å². The summed E-state index contributed by atoms with van der Waals surface area (Å²) in [6.07, 6.45) is 6.77. The van der Waals surface area contributed by atoms with Crippen LogP contribution in [0, 0.1) is 0 Å². The van der Waals surface area contributed by atoms with Gasteiger partial charge in [0.1, 0.15) is 10.9 Å². The van der Waals surface area contributed by atoms with Crippen molar-refractivity contribution in [1.29, 1.82) is 0 Å². The third kappa shape index (κ3) is 1.88. The van der Waals surface area contributed by atoms with Gasteiger partial charge in [0, 0.05) is 0 Å². The largest absolute Gasteiger partial charge is 0.447 e. The van der Waals surface area contributed by atoms with Crippen molar-refractivity contribution in [2.45, 2.75) is 22.6 Å². The Labute approximate surface area is 121 Å². The van der Waals surface area contributed by atoms with Crippen LogP contribution in [0.5, 0.6) is 5.75 Å². The molecule has 98 valence electrons. The van der Waals surface area contributed by atoms with Gasteiger partial charge in [0.2, 0.25) is 9.80 Å². The molecule has 1 aliphatic heterocycles. The molecule has 20 heavy (non-hydrogen) atoms. The van der Waals surface area contributed by atoms with Crippen LogP contribution in [-0.2, 0) is 10.9 Å². The summed E-state index contributed by atoms with van der Waals surface area (Å²) in [5.74, 6) is 2.06. The Morgan fingerprint density at radius 1 is 0.800 bits per heavy atom. The Bertz CT molecular complexity index is 700. The van der Waals surface area contributed by atoms with Gasteiger partial charge in [-0.25, -0.2) is 0 Å². The molecule has 2 aromatic rings. The summed E-state index contributed by atoms with van der Waals surface area (Å²) >= 11 is 0. The standard InChI is InChI=1S/C18H15OS/c1-2-8-14(9-3-1)20-17-12-6-4-10-15(17)19-16-11-5-7-13-18(16)20/h1-4,6,8-13H,5,7H2/q+1. The van der Waals surface area contributed by atoms with Crippen LogP contribution < -0.4 is 4.74 Å². The summed E-state index contributed by atoms with van der Waals surface area (Å²) in [4.78, 5) is 4.01. The smallest absolute Gasteiger partial charge is 0.209 e. The molecule has 2 aliphatic rings. The van der Waals surface area contributed by atoms with E-state index in [2.05, 4.69) is 60.7 Å². The zero-order valence-electron chi connectivity index (χ0n) is 11.1. The van der Waals surface area contributed by atoms with Crippen LogP contribution in [0.25, 0.3) is 0 Å². The monoisotopic (exact) mass is 279 g/mol. The molecule has 1 aliphatic carbocycles. The van der Waals surface area contributed by atoms with Crippen LogP contribution in [0.1, 0.15) is 12.8 Å². The molecule has 0 saturated heterocycles. The van der Waals surface area contributed by atoms with Gasteiger partial charge in [-0.2, -0.15) is 0 Å². The van der Waals surface area contributed by atoms with E-state index < -0.39 is 0 Å². The summed E-state index contributed by atoms with van der Waals surface area (Å²) < 4.78 is 6.09. The van der Waals surface area contributed by atoms with Gasteiger partial charge in [-0.3, -0.25) is 0 Å². The van der Waals surface area contributed by atoms with E-state index >= 15 is 0 Å². The highest BCUT2D eigenvalue weighted by Crippen LogP contribution is 2.45. The highest BCUT2D eigenvalue weighted by atomic mass is 32.2. The predicted molar refractivity (Wildman–Crippen MR) is 82.8 cm³/mol. The molecule has 0 N–H and O–H groups in total. The van der Waals surface area contributed by atoms with Crippen molar-refractivity contribution >= 4 is 10.9 Å². The minimum absolute atomic E-state index is 0.0317. The van der Waals surface area contributed by atoms with Gasteiger partial charge in [0.05, 0.1) is 0 Å². The lowest BCUT2D eigenvalue weighted by atomic mass is 10.2. The van der Waals surface area contributed by atoms with Crippen molar-refractivity contribution in [2.24, 2.45) is 0 Å². The van der Waals surface area contributed by atoms with Gasteiger partial charge in [0.25, 0.3) is 0 Å². The number of fused-ring (bicyclic) bond motifs is 2. The maximum Gasteiger partial charge on any atom is 0.209 e. The maximum absolute atomic E-state index is 6.09. The lowest BCUT2D eigenvalue weighted by Gasteiger charge is -2.23. The Balaban J connectivity index is 1.94. The average molecular weight is 279 g/mol. The first-order valence-corrected chi connectivity index (χ1v) is 8.13. The first-order valence-electron chi connectivity index (χ1n) is 6.90. The highest BCUT2D eigenvalue weighted by molar-refractivity contribution is 8.01. The minimum Gasteiger partial charge on any atom is -0.447 e. The van der Waals surface area contributed by atoms with Crippen LogP contribution >= 0.6 is 0 Å².